The second kappa shape index (κ2) is 3.38. The molecule has 1 saturated carbocycles. The first kappa shape index (κ1) is 9.44. The van der Waals surface area contributed by atoms with Crippen molar-refractivity contribution in [3.8, 4) is 0 Å². The van der Waals surface area contributed by atoms with E-state index in [2.05, 4.69) is 39.5 Å². The van der Waals surface area contributed by atoms with Crippen LogP contribution in [0.3, 0.4) is 0 Å². The molecule has 11 heavy (non-hydrogen) atoms. The molecule has 0 bridgehead atoms. The Kier molecular flexibility index (Phi) is 2.90. The lowest BCUT2D eigenvalue weighted by Gasteiger charge is -2.28. The Hall–Kier alpha value is 0.350. The Morgan fingerprint density at radius 3 is 2.27 bits per heavy atom. The van der Waals surface area contributed by atoms with Gasteiger partial charge < -0.3 is 0 Å². The molecular weight excluding hydrogens is 152 g/mol. The Labute approximate surface area is 75.1 Å². The summed E-state index contributed by atoms with van der Waals surface area (Å²) in [6.45, 7) is 9.37. The van der Waals surface area contributed by atoms with Crippen LogP contribution in [0.15, 0.2) is 0 Å². The summed E-state index contributed by atoms with van der Waals surface area (Å²) >= 11 is 2.16. The van der Waals surface area contributed by atoms with Crippen LogP contribution in [-0.2, 0) is 0 Å². The SMILES string of the molecule is CC(C)C(C)(C)SCC1CC1. The maximum atomic E-state index is 2.37. The average Bonchev–Trinajstić information content (AvgIpc) is 2.65. The van der Waals surface area contributed by atoms with Gasteiger partial charge in [-0.3, -0.25) is 0 Å². The number of rotatable bonds is 4. The van der Waals surface area contributed by atoms with Crippen molar-refractivity contribution in [3.63, 3.8) is 0 Å². The van der Waals surface area contributed by atoms with Crippen LogP contribution in [0.25, 0.3) is 0 Å². The normalized spacial score (nSPS) is 19.4. The monoisotopic (exact) mass is 172 g/mol. The summed E-state index contributed by atoms with van der Waals surface area (Å²) in [6, 6.07) is 0. The second-order valence-electron chi connectivity index (χ2n) is 4.51. The van der Waals surface area contributed by atoms with Gasteiger partial charge in [-0.05, 0) is 30.4 Å². The fourth-order valence-electron chi connectivity index (χ4n) is 0.784. The molecule has 66 valence electrons. The zero-order chi connectivity index (χ0) is 8.48. The molecule has 0 saturated heterocycles. The van der Waals surface area contributed by atoms with E-state index < -0.39 is 0 Å². The maximum absolute atomic E-state index is 2.37. The van der Waals surface area contributed by atoms with Crippen molar-refractivity contribution in [3.05, 3.63) is 0 Å². The van der Waals surface area contributed by atoms with E-state index in [1.807, 2.05) is 0 Å². The van der Waals surface area contributed by atoms with Crippen LogP contribution in [0.1, 0.15) is 40.5 Å². The van der Waals surface area contributed by atoms with Crippen molar-refractivity contribution in [2.24, 2.45) is 11.8 Å². The third kappa shape index (κ3) is 3.06. The quantitative estimate of drug-likeness (QED) is 0.625. The molecule has 0 nitrogen and oxygen atoms in total. The fraction of sp³-hybridized carbons (Fsp3) is 1.00. The first-order valence-corrected chi connectivity index (χ1v) is 5.65. The van der Waals surface area contributed by atoms with Gasteiger partial charge in [-0.1, -0.05) is 27.7 Å². The molecule has 0 amide bonds. The minimum absolute atomic E-state index is 0.489. The van der Waals surface area contributed by atoms with Crippen LogP contribution in [0, 0.1) is 11.8 Å². The van der Waals surface area contributed by atoms with Crippen LogP contribution in [0.4, 0.5) is 0 Å². The van der Waals surface area contributed by atoms with Crippen molar-refractivity contribution in [2.75, 3.05) is 5.75 Å². The standard InChI is InChI=1S/C10H20S/c1-8(2)10(3,4)11-7-9-5-6-9/h8-9H,5-7H2,1-4H3. The van der Waals surface area contributed by atoms with E-state index in [1.165, 1.54) is 18.6 Å². The largest absolute Gasteiger partial charge is 0.155 e. The summed E-state index contributed by atoms with van der Waals surface area (Å²) in [7, 11) is 0. The second-order valence-corrected chi connectivity index (χ2v) is 6.19. The van der Waals surface area contributed by atoms with E-state index in [9.17, 15) is 0 Å². The molecule has 0 aromatic rings. The molecule has 0 radical (unpaired) electrons. The third-order valence-corrected chi connectivity index (χ3v) is 4.63. The molecule has 1 aliphatic rings. The summed E-state index contributed by atoms with van der Waals surface area (Å²) in [6.07, 6.45) is 2.97. The Morgan fingerprint density at radius 2 is 1.91 bits per heavy atom. The molecule has 0 aromatic carbocycles. The molecule has 0 aliphatic heterocycles. The number of hydrogen-bond donors (Lipinski definition) is 0. The van der Waals surface area contributed by atoms with Gasteiger partial charge in [0, 0.05) is 4.75 Å². The Bertz CT molecular complexity index is 123. The minimum Gasteiger partial charge on any atom is -0.155 e. The van der Waals surface area contributed by atoms with Gasteiger partial charge in [0.25, 0.3) is 0 Å². The van der Waals surface area contributed by atoms with Crippen molar-refractivity contribution in [1.82, 2.24) is 0 Å². The minimum atomic E-state index is 0.489. The summed E-state index contributed by atoms with van der Waals surface area (Å²) in [5, 5.41) is 0. The van der Waals surface area contributed by atoms with Gasteiger partial charge in [-0.2, -0.15) is 11.8 Å². The molecule has 0 spiro atoms. The number of thioether (sulfide) groups is 1. The molecule has 0 N–H and O–H groups in total. The lowest BCUT2D eigenvalue weighted by atomic mass is 10.00. The highest BCUT2D eigenvalue weighted by Crippen LogP contribution is 2.39. The van der Waals surface area contributed by atoms with Crippen LogP contribution in [0.5, 0.6) is 0 Å². The van der Waals surface area contributed by atoms with E-state index in [0.29, 0.717) is 4.75 Å². The highest BCUT2D eigenvalue weighted by molar-refractivity contribution is 8.00. The van der Waals surface area contributed by atoms with Crippen LogP contribution >= 0.6 is 11.8 Å². The van der Waals surface area contributed by atoms with Gasteiger partial charge in [-0.15, -0.1) is 0 Å². The fourth-order valence-corrected chi connectivity index (χ4v) is 2.12. The first-order valence-electron chi connectivity index (χ1n) is 4.66. The summed E-state index contributed by atoms with van der Waals surface area (Å²) in [5.41, 5.74) is 0. The Balaban J connectivity index is 2.20. The number of hydrogen-bond acceptors (Lipinski definition) is 1. The van der Waals surface area contributed by atoms with Gasteiger partial charge in [0.05, 0.1) is 0 Å². The van der Waals surface area contributed by atoms with Gasteiger partial charge in [0.2, 0.25) is 0 Å². The highest BCUT2D eigenvalue weighted by Gasteiger charge is 2.28. The molecular formula is C10H20S. The molecule has 0 unspecified atom stereocenters. The van der Waals surface area contributed by atoms with Crippen molar-refractivity contribution in [1.29, 1.82) is 0 Å². The molecule has 0 aromatic heterocycles. The van der Waals surface area contributed by atoms with Gasteiger partial charge in [-0.25, -0.2) is 0 Å². The molecule has 1 aliphatic carbocycles. The molecule has 1 fully saturated rings. The smallest absolute Gasteiger partial charge is 0.0126 e. The van der Waals surface area contributed by atoms with Gasteiger partial charge in [0.1, 0.15) is 0 Å². The first-order chi connectivity index (χ1) is 5.02. The van der Waals surface area contributed by atoms with Gasteiger partial charge >= 0.3 is 0 Å². The van der Waals surface area contributed by atoms with E-state index in [0.717, 1.165) is 11.8 Å². The third-order valence-electron chi connectivity index (χ3n) is 2.78. The predicted octanol–water partition coefficient (Wildman–Crippen LogP) is 3.56. The van der Waals surface area contributed by atoms with Crippen molar-refractivity contribution >= 4 is 11.8 Å². The summed E-state index contributed by atoms with van der Waals surface area (Å²) < 4.78 is 0.489. The summed E-state index contributed by atoms with van der Waals surface area (Å²) in [5.74, 6) is 3.26. The van der Waals surface area contributed by atoms with Crippen molar-refractivity contribution in [2.45, 2.75) is 45.3 Å². The van der Waals surface area contributed by atoms with Crippen LogP contribution in [0.2, 0.25) is 0 Å². The molecule has 1 rings (SSSR count). The molecule has 1 heteroatoms. The highest BCUT2D eigenvalue weighted by atomic mass is 32.2. The lowest BCUT2D eigenvalue weighted by molar-refractivity contribution is 0.503. The molecule has 0 atom stereocenters. The van der Waals surface area contributed by atoms with Crippen molar-refractivity contribution < 1.29 is 0 Å². The summed E-state index contributed by atoms with van der Waals surface area (Å²) in [4.78, 5) is 0. The van der Waals surface area contributed by atoms with Gasteiger partial charge in [0.15, 0.2) is 0 Å². The lowest BCUT2D eigenvalue weighted by Crippen LogP contribution is -2.23. The average molecular weight is 172 g/mol. The predicted molar refractivity (Wildman–Crippen MR) is 54.1 cm³/mol. The van der Waals surface area contributed by atoms with E-state index in [-0.39, 0.29) is 0 Å². The van der Waals surface area contributed by atoms with E-state index in [1.54, 1.807) is 0 Å². The zero-order valence-electron chi connectivity index (χ0n) is 8.18. The Morgan fingerprint density at radius 1 is 1.36 bits per heavy atom. The van der Waals surface area contributed by atoms with E-state index >= 15 is 0 Å². The topological polar surface area (TPSA) is 0 Å². The maximum Gasteiger partial charge on any atom is 0.0126 e. The molecule has 0 heterocycles. The van der Waals surface area contributed by atoms with Crippen LogP contribution < -0.4 is 0 Å². The van der Waals surface area contributed by atoms with Crippen LogP contribution in [-0.4, -0.2) is 10.5 Å². The van der Waals surface area contributed by atoms with E-state index in [4.69, 9.17) is 0 Å². The zero-order valence-corrected chi connectivity index (χ0v) is 9.00.